The molecule has 0 aliphatic carbocycles. The van der Waals surface area contributed by atoms with E-state index in [0.717, 1.165) is 24.0 Å². The SMILES string of the molecule is CN1Cc2ccccc2N(CCCBr)C1=O. The Bertz CT molecular complexity index is 394. The van der Waals surface area contributed by atoms with Crippen LogP contribution in [-0.2, 0) is 6.54 Å². The lowest BCUT2D eigenvalue weighted by molar-refractivity contribution is 0.210. The van der Waals surface area contributed by atoms with Crippen molar-refractivity contribution < 1.29 is 4.79 Å². The Hall–Kier alpha value is -1.03. The summed E-state index contributed by atoms with van der Waals surface area (Å²) < 4.78 is 0. The summed E-state index contributed by atoms with van der Waals surface area (Å²) in [5, 5.41) is 0.919. The number of para-hydroxylation sites is 1. The zero-order valence-electron chi connectivity index (χ0n) is 9.32. The van der Waals surface area contributed by atoms with Crippen LogP contribution >= 0.6 is 15.9 Å². The van der Waals surface area contributed by atoms with Crippen LogP contribution in [0.15, 0.2) is 24.3 Å². The van der Waals surface area contributed by atoms with Gasteiger partial charge in [-0.2, -0.15) is 0 Å². The fraction of sp³-hybridized carbons (Fsp3) is 0.417. The van der Waals surface area contributed by atoms with Gasteiger partial charge in [-0.15, -0.1) is 0 Å². The fourth-order valence-corrected chi connectivity index (χ4v) is 2.22. The highest BCUT2D eigenvalue weighted by atomic mass is 79.9. The van der Waals surface area contributed by atoms with E-state index >= 15 is 0 Å². The van der Waals surface area contributed by atoms with Gasteiger partial charge in [-0.3, -0.25) is 4.90 Å². The molecule has 1 aromatic rings. The molecule has 16 heavy (non-hydrogen) atoms. The van der Waals surface area contributed by atoms with Gasteiger partial charge in [0.05, 0.1) is 5.69 Å². The normalized spacial score (nSPS) is 15.2. The Balaban J connectivity index is 2.30. The summed E-state index contributed by atoms with van der Waals surface area (Å²) in [6, 6.07) is 8.21. The zero-order valence-corrected chi connectivity index (χ0v) is 10.9. The average Bonchev–Trinajstić information content (AvgIpc) is 2.30. The van der Waals surface area contributed by atoms with Gasteiger partial charge < -0.3 is 4.90 Å². The number of carbonyl (C=O) groups is 1. The Morgan fingerprint density at radius 1 is 1.38 bits per heavy atom. The van der Waals surface area contributed by atoms with Crippen molar-refractivity contribution in [3.05, 3.63) is 29.8 Å². The van der Waals surface area contributed by atoms with E-state index in [1.165, 1.54) is 5.56 Å². The number of amides is 2. The van der Waals surface area contributed by atoms with Gasteiger partial charge >= 0.3 is 6.03 Å². The third-order valence-electron chi connectivity index (χ3n) is 2.76. The molecule has 0 radical (unpaired) electrons. The van der Waals surface area contributed by atoms with E-state index < -0.39 is 0 Å². The largest absolute Gasteiger partial charge is 0.324 e. The molecule has 3 nitrogen and oxygen atoms in total. The van der Waals surface area contributed by atoms with E-state index in [1.807, 2.05) is 30.1 Å². The van der Waals surface area contributed by atoms with Crippen molar-refractivity contribution in [2.45, 2.75) is 13.0 Å². The molecule has 1 aromatic carbocycles. The molecule has 0 saturated heterocycles. The molecule has 86 valence electrons. The first kappa shape index (κ1) is 11.5. The van der Waals surface area contributed by atoms with E-state index in [2.05, 4.69) is 22.0 Å². The molecule has 2 rings (SSSR count). The van der Waals surface area contributed by atoms with Crippen LogP contribution in [0.5, 0.6) is 0 Å². The minimum Gasteiger partial charge on any atom is -0.323 e. The summed E-state index contributed by atoms with van der Waals surface area (Å²) in [7, 11) is 1.85. The summed E-state index contributed by atoms with van der Waals surface area (Å²) >= 11 is 3.40. The van der Waals surface area contributed by atoms with Crippen molar-refractivity contribution in [3.63, 3.8) is 0 Å². The molecule has 2 amide bonds. The molecule has 1 aliphatic rings. The number of alkyl halides is 1. The first-order valence-electron chi connectivity index (χ1n) is 5.40. The van der Waals surface area contributed by atoms with Crippen molar-refractivity contribution >= 4 is 27.6 Å². The second-order valence-electron chi connectivity index (χ2n) is 3.96. The number of benzene rings is 1. The van der Waals surface area contributed by atoms with Crippen molar-refractivity contribution in [3.8, 4) is 0 Å². The third-order valence-corrected chi connectivity index (χ3v) is 3.32. The van der Waals surface area contributed by atoms with Crippen LogP contribution in [0.3, 0.4) is 0 Å². The fourth-order valence-electron chi connectivity index (χ4n) is 1.97. The van der Waals surface area contributed by atoms with Gasteiger partial charge in [0.2, 0.25) is 0 Å². The predicted octanol–water partition coefficient (Wildman–Crippen LogP) is 2.84. The van der Waals surface area contributed by atoms with Crippen molar-refractivity contribution in [2.75, 3.05) is 23.8 Å². The van der Waals surface area contributed by atoms with Gasteiger partial charge in [0.15, 0.2) is 0 Å². The van der Waals surface area contributed by atoms with Crippen LogP contribution in [0.4, 0.5) is 10.5 Å². The standard InChI is InChI=1S/C12H15BrN2O/c1-14-9-10-5-2-3-6-11(10)15(12(14)16)8-4-7-13/h2-3,5-6H,4,7-9H2,1H3. The van der Waals surface area contributed by atoms with Crippen molar-refractivity contribution in [2.24, 2.45) is 0 Å². The maximum Gasteiger partial charge on any atom is 0.324 e. The number of carbonyl (C=O) groups excluding carboxylic acids is 1. The lowest BCUT2D eigenvalue weighted by Gasteiger charge is -2.35. The van der Waals surface area contributed by atoms with Crippen LogP contribution in [-0.4, -0.2) is 29.9 Å². The number of fused-ring (bicyclic) bond motifs is 1. The summed E-state index contributed by atoms with van der Waals surface area (Å²) in [5.41, 5.74) is 2.28. The van der Waals surface area contributed by atoms with E-state index in [4.69, 9.17) is 0 Å². The molecule has 0 unspecified atom stereocenters. The lowest BCUT2D eigenvalue weighted by atomic mass is 10.1. The van der Waals surface area contributed by atoms with E-state index in [-0.39, 0.29) is 6.03 Å². The van der Waals surface area contributed by atoms with Crippen molar-refractivity contribution in [1.82, 2.24) is 4.90 Å². The lowest BCUT2D eigenvalue weighted by Crippen LogP contribution is -2.45. The minimum absolute atomic E-state index is 0.0969. The smallest absolute Gasteiger partial charge is 0.323 e. The van der Waals surface area contributed by atoms with Crippen molar-refractivity contribution in [1.29, 1.82) is 0 Å². The van der Waals surface area contributed by atoms with Gasteiger partial charge in [-0.05, 0) is 18.1 Å². The van der Waals surface area contributed by atoms with E-state index in [0.29, 0.717) is 6.54 Å². The Labute approximate surface area is 104 Å². The highest BCUT2D eigenvalue weighted by Crippen LogP contribution is 2.27. The molecular weight excluding hydrogens is 268 g/mol. The van der Waals surface area contributed by atoms with Crippen LogP contribution in [0.25, 0.3) is 0 Å². The molecule has 0 fully saturated rings. The summed E-state index contributed by atoms with van der Waals surface area (Å²) in [4.78, 5) is 15.7. The highest BCUT2D eigenvalue weighted by Gasteiger charge is 2.26. The van der Waals surface area contributed by atoms with Crippen LogP contribution in [0.2, 0.25) is 0 Å². The predicted molar refractivity (Wildman–Crippen MR) is 69.1 cm³/mol. The van der Waals surface area contributed by atoms with Gasteiger partial charge in [-0.25, -0.2) is 4.79 Å². The van der Waals surface area contributed by atoms with E-state index in [9.17, 15) is 4.79 Å². The molecule has 0 spiro atoms. The first-order chi connectivity index (χ1) is 7.74. The molecule has 0 bridgehead atoms. The monoisotopic (exact) mass is 282 g/mol. The minimum atomic E-state index is 0.0969. The zero-order chi connectivity index (χ0) is 11.5. The molecule has 0 atom stereocenters. The maximum atomic E-state index is 12.0. The number of anilines is 1. The van der Waals surface area contributed by atoms with Crippen LogP contribution in [0, 0.1) is 0 Å². The molecule has 0 aromatic heterocycles. The van der Waals surface area contributed by atoms with Gasteiger partial charge in [0.1, 0.15) is 0 Å². The second-order valence-corrected chi connectivity index (χ2v) is 4.75. The molecule has 0 saturated carbocycles. The highest BCUT2D eigenvalue weighted by molar-refractivity contribution is 9.09. The van der Waals surface area contributed by atoms with Gasteiger partial charge in [-0.1, -0.05) is 34.1 Å². The van der Waals surface area contributed by atoms with Gasteiger partial charge in [0, 0.05) is 25.5 Å². The summed E-state index contributed by atoms with van der Waals surface area (Å²) in [5.74, 6) is 0. The molecule has 0 N–H and O–H groups in total. The summed E-state index contributed by atoms with van der Waals surface area (Å²) in [6.07, 6.45) is 0.966. The first-order valence-corrected chi connectivity index (χ1v) is 6.52. The Morgan fingerprint density at radius 2 is 2.12 bits per heavy atom. The number of urea groups is 1. The quantitative estimate of drug-likeness (QED) is 0.782. The molecule has 4 heteroatoms. The summed E-state index contributed by atoms with van der Waals surface area (Å²) in [6.45, 7) is 1.48. The number of hydrogen-bond donors (Lipinski definition) is 0. The van der Waals surface area contributed by atoms with Crippen LogP contribution < -0.4 is 4.90 Å². The third kappa shape index (κ3) is 2.07. The number of halogens is 1. The topological polar surface area (TPSA) is 23.6 Å². The van der Waals surface area contributed by atoms with Crippen LogP contribution in [0.1, 0.15) is 12.0 Å². The molecule has 1 aliphatic heterocycles. The Kier molecular flexibility index (Phi) is 3.49. The molecular formula is C12H15BrN2O. The second kappa shape index (κ2) is 4.87. The van der Waals surface area contributed by atoms with Gasteiger partial charge in [0.25, 0.3) is 0 Å². The number of hydrogen-bond acceptors (Lipinski definition) is 1. The number of rotatable bonds is 3. The maximum absolute atomic E-state index is 12.0. The van der Waals surface area contributed by atoms with E-state index in [1.54, 1.807) is 4.90 Å². The average molecular weight is 283 g/mol. The molecule has 1 heterocycles. The Morgan fingerprint density at radius 3 is 2.88 bits per heavy atom. The number of nitrogens with zero attached hydrogens (tertiary/aromatic N) is 2.